The number of aromatic hydroxyl groups is 1. The van der Waals surface area contributed by atoms with E-state index in [1.807, 2.05) is 13.0 Å². The highest BCUT2D eigenvalue weighted by Crippen LogP contribution is 2.29. The first-order valence-electron chi connectivity index (χ1n) is 5.77. The van der Waals surface area contributed by atoms with E-state index < -0.39 is 0 Å². The predicted octanol–water partition coefficient (Wildman–Crippen LogP) is 2.18. The summed E-state index contributed by atoms with van der Waals surface area (Å²) in [6, 6.07) is 3.57. The normalized spacial score (nSPS) is 10.5. The van der Waals surface area contributed by atoms with Gasteiger partial charge in [0, 0.05) is 11.9 Å². The zero-order valence-electron chi connectivity index (χ0n) is 10.7. The van der Waals surface area contributed by atoms with Crippen LogP contribution in [0.5, 0.6) is 5.75 Å². The lowest BCUT2D eigenvalue weighted by molar-refractivity contribution is 0.102. The van der Waals surface area contributed by atoms with Gasteiger partial charge in [-0.15, -0.1) is 11.3 Å². The van der Waals surface area contributed by atoms with Crippen LogP contribution < -0.4 is 11.1 Å². The van der Waals surface area contributed by atoms with E-state index >= 15 is 0 Å². The molecule has 0 saturated carbocycles. The lowest BCUT2D eigenvalue weighted by Gasteiger charge is -2.09. The van der Waals surface area contributed by atoms with E-state index in [2.05, 4.69) is 10.3 Å². The third-order valence-corrected chi connectivity index (χ3v) is 3.52. The maximum atomic E-state index is 12.0. The molecular formula is C13H15N3O2S. The van der Waals surface area contributed by atoms with E-state index in [0.29, 0.717) is 22.9 Å². The first kappa shape index (κ1) is 13.5. The van der Waals surface area contributed by atoms with Crippen molar-refractivity contribution in [1.29, 1.82) is 0 Å². The van der Waals surface area contributed by atoms with E-state index in [-0.39, 0.29) is 11.7 Å². The number of nitrogens with zero attached hydrogens (tertiary/aromatic N) is 1. The van der Waals surface area contributed by atoms with E-state index in [1.165, 1.54) is 11.3 Å². The molecule has 2 rings (SSSR count). The summed E-state index contributed by atoms with van der Waals surface area (Å²) in [5.74, 6) is -0.274. The second kappa shape index (κ2) is 5.38. The Kier molecular flexibility index (Phi) is 3.82. The molecule has 0 saturated heterocycles. The number of amides is 1. The van der Waals surface area contributed by atoms with E-state index in [0.717, 1.165) is 11.1 Å². The Morgan fingerprint density at radius 1 is 1.47 bits per heavy atom. The smallest absolute Gasteiger partial charge is 0.275 e. The van der Waals surface area contributed by atoms with Crippen molar-refractivity contribution in [3.63, 3.8) is 0 Å². The summed E-state index contributed by atoms with van der Waals surface area (Å²) in [4.78, 5) is 16.1. The molecule has 0 bridgehead atoms. The van der Waals surface area contributed by atoms with E-state index in [4.69, 9.17) is 5.73 Å². The average molecular weight is 277 g/mol. The fourth-order valence-corrected chi connectivity index (χ4v) is 2.41. The first-order chi connectivity index (χ1) is 9.01. The van der Waals surface area contributed by atoms with Gasteiger partial charge >= 0.3 is 0 Å². The summed E-state index contributed by atoms with van der Waals surface area (Å²) in [5.41, 5.74) is 7.84. The first-order valence-corrected chi connectivity index (χ1v) is 6.65. The molecule has 100 valence electrons. The molecule has 0 spiro atoms. The van der Waals surface area contributed by atoms with Crippen LogP contribution in [0.3, 0.4) is 0 Å². The minimum absolute atomic E-state index is 0.0771. The molecule has 1 aromatic heterocycles. The highest BCUT2D eigenvalue weighted by atomic mass is 32.1. The Bertz CT molecular complexity index is 622. The number of aryl methyl sites for hydroxylation is 2. The molecule has 1 amide bonds. The molecule has 0 atom stereocenters. The monoisotopic (exact) mass is 277 g/mol. The van der Waals surface area contributed by atoms with Crippen LogP contribution in [0.4, 0.5) is 5.69 Å². The minimum atomic E-state index is -0.351. The van der Waals surface area contributed by atoms with Gasteiger partial charge in [0.1, 0.15) is 16.5 Å². The van der Waals surface area contributed by atoms with Crippen molar-refractivity contribution in [3.8, 4) is 5.75 Å². The molecular weight excluding hydrogens is 262 g/mol. The zero-order chi connectivity index (χ0) is 14.0. The van der Waals surface area contributed by atoms with Crippen molar-refractivity contribution in [3.05, 3.63) is 39.3 Å². The van der Waals surface area contributed by atoms with Gasteiger partial charge in [-0.2, -0.15) is 0 Å². The largest absolute Gasteiger partial charge is 0.505 e. The number of anilines is 1. The Balaban J connectivity index is 2.23. The summed E-state index contributed by atoms with van der Waals surface area (Å²) < 4.78 is 0. The number of hydrogen-bond acceptors (Lipinski definition) is 5. The number of rotatable bonds is 3. The lowest BCUT2D eigenvalue weighted by Crippen LogP contribution is -2.13. The van der Waals surface area contributed by atoms with Gasteiger partial charge < -0.3 is 16.2 Å². The fourth-order valence-electron chi connectivity index (χ4n) is 1.75. The zero-order valence-corrected chi connectivity index (χ0v) is 11.5. The van der Waals surface area contributed by atoms with Gasteiger partial charge in [-0.1, -0.05) is 6.07 Å². The number of hydrogen-bond donors (Lipinski definition) is 3. The van der Waals surface area contributed by atoms with Gasteiger partial charge in [-0.05, 0) is 31.0 Å². The summed E-state index contributed by atoms with van der Waals surface area (Å²) in [7, 11) is 0. The van der Waals surface area contributed by atoms with Crippen molar-refractivity contribution in [2.45, 2.75) is 20.4 Å². The van der Waals surface area contributed by atoms with E-state index in [1.54, 1.807) is 18.4 Å². The highest BCUT2D eigenvalue weighted by molar-refractivity contribution is 7.09. The number of carbonyl (C=O) groups excluding carboxylic acids is 1. The summed E-state index contributed by atoms with van der Waals surface area (Å²) in [5, 5.41) is 14.9. The number of nitrogens with two attached hydrogens (primary N) is 1. The van der Waals surface area contributed by atoms with Crippen LogP contribution in [0.2, 0.25) is 0 Å². The van der Waals surface area contributed by atoms with Crippen molar-refractivity contribution in [2.75, 3.05) is 5.32 Å². The third-order valence-electron chi connectivity index (χ3n) is 2.65. The number of thiazole rings is 1. The Labute approximate surface area is 115 Å². The number of phenolic OH excluding ortho intramolecular Hbond substituents is 1. The quantitative estimate of drug-likeness (QED) is 0.750. The summed E-state index contributed by atoms with van der Waals surface area (Å²) in [6.45, 7) is 4.00. The molecule has 2 aromatic rings. The molecule has 0 radical (unpaired) electrons. The minimum Gasteiger partial charge on any atom is -0.505 e. The van der Waals surface area contributed by atoms with Crippen LogP contribution in [-0.4, -0.2) is 16.0 Å². The number of phenols is 1. The SMILES string of the molecule is Cc1cc(C)c(O)c(NC(=O)c2csc(CN)n2)c1. The van der Waals surface area contributed by atoms with Crippen LogP contribution in [0.25, 0.3) is 0 Å². The average Bonchev–Trinajstić information content (AvgIpc) is 2.84. The molecule has 1 aromatic carbocycles. The Morgan fingerprint density at radius 3 is 2.84 bits per heavy atom. The predicted molar refractivity (Wildman–Crippen MR) is 75.5 cm³/mol. The second-order valence-electron chi connectivity index (χ2n) is 4.26. The molecule has 0 aliphatic rings. The summed E-state index contributed by atoms with van der Waals surface area (Å²) >= 11 is 1.34. The van der Waals surface area contributed by atoms with Gasteiger partial charge in [-0.25, -0.2) is 4.98 Å². The maximum absolute atomic E-state index is 12.0. The number of nitrogens with one attached hydrogen (secondary N) is 1. The Hall–Kier alpha value is -1.92. The molecule has 5 nitrogen and oxygen atoms in total. The number of aromatic nitrogens is 1. The fraction of sp³-hybridized carbons (Fsp3) is 0.231. The van der Waals surface area contributed by atoms with Crippen LogP contribution in [0.15, 0.2) is 17.5 Å². The van der Waals surface area contributed by atoms with Crippen molar-refractivity contribution in [2.24, 2.45) is 5.73 Å². The van der Waals surface area contributed by atoms with Gasteiger partial charge in [0.05, 0.1) is 5.69 Å². The van der Waals surface area contributed by atoms with Crippen LogP contribution in [0, 0.1) is 13.8 Å². The van der Waals surface area contributed by atoms with Crippen LogP contribution in [-0.2, 0) is 6.54 Å². The van der Waals surface area contributed by atoms with Crippen LogP contribution in [0.1, 0.15) is 26.6 Å². The van der Waals surface area contributed by atoms with Gasteiger partial charge in [0.15, 0.2) is 0 Å². The molecule has 0 fully saturated rings. The highest BCUT2D eigenvalue weighted by Gasteiger charge is 2.13. The van der Waals surface area contributed by atoms with Crippen molar-refractivity contribution >= 4 is 22.9 Å². The molecule has 1 heterocycles. The van der Waals surface area contributed by atoms with E-state index in [9.17, 15) is 9.90 Å². The third kappa shape index (κ3) is 2.91. The number of benzene rings is 1. The summed E-state index contributed by atoms with van der Waals surface area (Å²) in [6.07, 6.45) is 0. The molecule has 6 heteroatoms. The Morgan fingerprint density at radius 2 is 2.21 bits per heavy atom. The topological polar surface area (TPSA) is 88.2 Å². The second-order valence-corrected chi connectivity index (χ2v) is 5.21. The standard InChI is InChI=1S/C13H15N3O2S/c1-7-3-8(2)12(17)9(4-7)16-13(18)10-6-19-11(5-14)15-10/h3-4,6,17H,5,14H2,1-2H3,(H,16,18). The van der Waals surface area contributed by atoms with Gasteiger partial charge in [0.2, 0.25) is 0 Å². The number of carbonyl (C=O) groups is 1. The van der Waals surface area contributed by atoms with Crippen molar-refractivity contribution in [1.82, 2.24) is 4.98 Å². The van der Waals surface area contributed by atoms with Crippen LogP contribution >= 0.6 is 11.3 Å². The molecule has 0 aliphatic heterocycles. The van der Waals surface area contributed by atoms with Gasteiger partial charge in [-0.3, -0.25) is 4.79 Å². The maximum Gasteiger partial charge on any atom is 0.275 e. The molecule has 0 unspecified atom stereocenters. The van der Waals surface area contributed by atoms with Crippen molar-refractivity contribution < 1.29 is 9.90 Å². The van der Waals surface area contributed by atoms with Gasteiger partial charge in [0.25, 0.3) is 5.91 Å². The lowest BCUT2D eigenvalue weighted by atomic mass is 10.1. The molecule has 0 aliphatic carbocycles. The molecule has 19 heavy (non-hydrogen) atoms. The molecule has 4 N–H and O–H groups in total.